The van der Waals surface area contributed by atoms with Gasteiger partial charge in [0, 0.05) is 17.8 Å². The van der Waals surface area contributed by atoms with E-state index in [1.807, 2.05) is 0 Å². The zero-order valence-corrected chi connectivity index (χ0v) is 8.38. The zero-order valence-electron chi connectivity index (χ0n) is 7.62. The van der Waals surface area contributed by atoms with Crippen molar-refractivity contribution < 1.29 is 23.1 Å². The van der Waals surface area contributed by atoms with Crippen LogP contribution >= 0.6 is 11.6 Å². The number of hydrogen-bond donors (Lipinski definition) is 1. The van der Waals surface area contributed by atoms with Crippen molar-refractivity contribution in [2.45, 2.75) is 6.18 Å². The molecule has 0 bridgehead atoms. The Morgan fingerprint density at radius 2 is 2.12 bits per heavy atom. The summed E-state index contributed by atoms with van der Waals surface area (Å²) < 4.78 is 37.5. The Bertz CT molecular complexity index is 443. The van der Waals surface area contributed by atoms with E-state index < -0.39 is 17.7 Å². The lowest BCUT2D eigenvalue weighted by Crippen LogP contribution is -2.08. The van der Waals surface area contributed by atoms with E-state index in [1.54, 1.807) is 0 Å². The van der Waals surface area contributed by atoms with Gasteiger partial charge in [-0.25, -0.2) is 9.78 Å². The van der Waals surface area contributed by atoms with Crippen LogP contribution in [0, 0.1) is 0 Å². The average molecular weight is 252 g/mol. The number of aliphatic carboxylic acids is 1. The Hall–Kier alpha value is -1.56. The molecule has 1 N–H and O–H groups in total. The van der Waals surface area contributed by atoms with E-state index in [-0.39, 0.29) is 10.7 Å². The summed E-state index contributed by atoms with van der Waals surface area (Å²) in [4.78, 5) is 13.6. The van der Waals surface area contributed by atoms with E-state index in [2.05, 4.69) is 4.98 Å². The zero-order chi connectivity index (χ0) is 12.3. The first-order chi connectivity index (χ1) is 7.30. The molecule has 16 heavy (non-hydrogen) atoms. The summed E-state index contributed by atoms with van der Waals surface area (Å²) in [5.41, 5.74) is -1.37. The Kier molecular flexibility index (Phi) is 3.54. The fraction of sp³-hybridized carbons (Fsp3) is 0.111. The summed E-state index contributed by atoms with van der Waals surface area (Å²) in [6.45, 7) is 0. The van der Waals surface area contributed by atoms with Gasteiger partial charge in [0.2, 0.25) is 0 Å². The molecule has 0 aromatic carbocycles. The Morgan fingerprint density at radius 3 is 2.62 bits per heavy atom. The van der Waals surface area contributed by atoms with Gasteiger partial charge in [-0.1, -0.05) is 11.6 Å². The molecular formula is C9H5ClF3NO2. The van der Waals surface area contributed by atoms with Crippen molar-refractivity contribution in [1.82, 2.24) is 4.98 Å². The third-order valence-corrected chi connectivity index (χ3v) is 1.82. The van der Waals surface area contributed by atoms with Crippen molar-refractivity contribution in [1.29, 1.82) is 0 Å². The number of alkyl halides is 3. The van der Waals surface area contributed by atoms with Gasteiger partial charge in [-0.15, -0.1) is 0 Å². The highest BCUT2D eigenvalue weighted by Gasteiger charge is 2.33. The van der Waals surface area contributed by atoms with Crippen molar-refractivity contribution in [3.05, 3.63) is 34.6 Å². The van der Waals surface area contributed by atoms with E-state index in [9.17, 15) is 18.0 Å². The van der Waals surface area contributed by atoms with E-state index in [0.717, 1.165) is 12.3 Å². The molecule has 0 saturated carbocycles. The van der Waals surface area contributed by atoms with Gasteiger partial charge in [-0.3, -0.25) is 0 Å². The molecule has 0 aliphatic rings. The number of aromatic nitrogens is 1. The molecular weight excluding hydrogens is 247 g/mol. The highest BCUT2D eigenvalue weighted by atomic mass is 35.5. The number of hydrogen-bond acceptors (Lipinski definition) is 2. The molecule has 1 aromatic rings. The highest BCUT2D eigenvalue weighted by molar-refractivity contribution is 6.29. The van der Waals surface area contributed by atoms with Gasteiger partial charge in [-0.05, 0) is 12.1 Å². The maximum Gasteiger partial charge on any atom is 0.417 e. The van der Waals surface area contributed by atoms with E-state index in [0.29, 0.717) is 12.1 Å². The molecule has 1 aromatic heterocycles. The summed E-state index contributed by atoms with van der Waals surface area (Å²) in [5, 5.41) is 8.00. The largest absolute Gasteiger partial charge is 0.478 e. The van der Waals surface area contributed by atoms with Crippen molar-refractivity contribution in [2.24, 2.45) is 0 Å². The highest BCUT2D eigenvalue weighted by Crippen LogP contribution is 2.33. The molecule has 3 nitrogen and oxygen atoms in total. The SMILES string of the molecule is O=C(O)/C=C/c1cnc(Cl)cc1C(F)(F)F. The molecule has 0 spiro atoms. The smallest absolute Gasteiger partial charge is 0.417 e. The van der Waals surface area contributed by atoms with Crippen LogP contribution in [-0.4, -0.2) is 16.1 Å². The number of pyridine rings is 1. The van der Waals surface area contributed by atoms with Crippen LogP contribution in [0.25, 0.3) is 6.08 Å². The number of nitrogens with zero attached hydrogens (tertiary/aromatic N) is 1. The Labute approximate surface area is 93.2 Å². The lowest BCUT2D eigenvalue weighted by molar-refractivity contribution is -0.138. The number of carboxylic acid groups (broad SMARTS) is 1. The summed E-state index contributed by atoms with van der Waals surface area (Å²) in [5.74, 6) is -1.34. The fourth-order valence-corrected chi connectivity index (χ4v) is 1.14. The third-order valence-electron chi connectivity index (χ3n) is 1.61. The lowest BCUT2D eigenvalue weighted by Gasteiger charge is -2.09. The van der Waals surface area contributed by atoms with Gasteiger partial charge < -0.3 is 5.11 Å². The molecule has 0 saturated heterocycles. The predicted octanol–water partition coefficient (Wildman–Crippen LogP) is 2.85. The molecule has 0 unspecified atom stereocenters. The van der Waals surface area contributed by atoms with Gasteiger partial charge in [0.05, 0.1) is 5.56 Å². The van der Waals surface area contributed by atoms with Gasteiger partial charge in [0.1, 0.15) is 5.15 Å². The van der Waals surface area contributed by atoms with Crippen LogP contribution in [0.4, 0.5) is 13.2 Å². The second kappa shape index (κ2) is 4.52. The minimum absolute atomic E-state index is 0.306. The van der Waals surface area contributed by atoms with E-state index >= 15 is 0 Å². The maximum atomic E-state index is 12.5. The molecule has 0 atom stereocenters. The molecule has 7 heteroatoms. The van der Waals surface area contributed by atoms with Crippen LogP contribution < -0.4 is 0 Å². The second-order valence-electron chi connectivity index (χ2n) is 2.76. The van der Waals surface area contributed by atoms with Gasteiger partial charge in [0.15, 0.2) is 0 Å². The molecule has 86 valence electrons. The van der Waals surface area contributed by atoms with Crippen LogP contribution in [0.2, 0.25) is 5.15 Å². The molecule has 1 heterocycles. The Balaban J connectivity index is 3.23. The molecule has 0 aliphatic heterocycles. The summed E-state index contributed by atoms with van der Waals surface area (Å²) >= 11 is 5.33. The first-order valence-corrected chi connectivity index (χ1v) is 4.32. The van der Waals surface area contributed by atoms with Gasteiger partial charge in [-0.2, -0.15) is 13.2 Å². The first-order valence-electron chi connectivity index (χ1n) is 3.94. The second-order valence-corrected chi connectivity index (χ2v) is 3.15. The molecule has 0 aliphatic carbocycles. The number of carboxylic acids is 1. The lowest BCUT2D eigenvalue weighted by atomic mass is 10.1. The van der Waals surface area contributed by atoms with Gasteiger partial charge in [0.25, 0.3) is 0 Å². The number of halogens is 4. The normalized spacial score (nSPS) is 12.0. The number of carbonyl (C=O) groups is 1. The standard InChI is InChI=1S/C9H5ClF3NO2/c10-7-3-6(9(11,12)13)5(4-14-7)1-2-8(15)16/h1-4H,(H,15,16)/b2-1+. The summed E-state index contributed by atoms with van der Waals surface area (Å²) in [6.07, 6.45) is -2.33. The van der Waals surface area contributed by atoms with E-state index in [4.69, 9.17) is 16.7 Å². The minimum atomic E-state index is -4.61. The summed E-state index contributed by atoms with van der Waals surface area (Å²) in [6, 6.07) is 0.642. The molecule has 0 fully saturated rings. The van der Waals surface area contributed by atoms with Crippen molar-refractivity contribution in [3.8, 4) is 0 Å². The minimum Gasteiger partial charge on any atom is -0.478 e. The van der Waals surface area contributed by atoms with Crippen LogP contribution in [0.1, 0.15) is 11.1 Å². The van der Waals surface area contributed by atoms with Gasteiger partial charge >= 0.3 is 12.1 Å². The van der Waals surface area contributed by atoms with Crippen LogP contribution in [0.5, 0.6) is 0 Å². The van der Waals surface area contributed by atoms with E-state index in [1.165, 1.54) is 0 Å². The predicted molar refractivity (Wildman–Crippen MR) is 50.9 cm³/mol. The van der Waals surface area contributed by atoms with Crippen LogP contribution in [-0.2, 0) is 11.0 Å². The monoisotopic (exact) mass is 251 g/mol. The fourth-order valence-electron chi connectivity index (χ4n) is 0.980. The molecule has 0 radical (unpaired) electrons. The third kappa shape index (κ3) is 3.23. The van der Waals surface area contributed by atoms with Crippen LogP contribution in [0.3, 0.4) is 0 Å². The quantitative estimate of drug-likeness (QED) is 0.649. The topological polar surface area (TPSA) is 50.2 Å². The summed E-state index contributed by atoms with van der Waals surface area (Å²) in [7, 11) is 0. The molecule has 0 amide bonds. The first kappa shape index (κ1) is 12.5. The Morgan fingerprint density at radius 1 is 1.50 bits per heavy atom. The van der Waals surface area contributed by atoms with Crippen molar-refractivity contribution in [3.63, 3.8) is 0 Å². The molecule has 1 rings (SSSR count). The maximum absolute atomic E-state index is 12.5. The van der Waals surface area contributed by atoms with Crippen molar-refractivity contribution >= 4 is 23.6 Å². The van der Waals surface area contributed by atoms with Crippen LogP contribution in [0.15, 0.2) is 18.3 Å². The average Bonchev–Trinajstić information content (AvgIpc) is 2.14. The number of rotatable bonds is 2. The van der Waals surface area contributed by atoms with Crippen molar-refractivity contribution in [2.75, 3.05) is 0 Å².